The normalized spacial score (nSPS) is 10.5. The second-order valence-corrected chi connectivity index (χ2v) is 6.40. The third kappa shape index (κ3) is 3.25. The van der Waals surface area contributed by atoms with Crippen LogP contribution in [0.15, 0.2) is 40.0 Å². The molecule has 0 atom stereocenters. The fraction of sp³-hybridized carbons (Fsp3) is 0.294. The lowest BCUT2D eigenvalue weighted by atomic mass is 10.1. The van der Waals surface area contributed by atoms with E-state index in [1.165, 1.54) is 4.57 Å². The third-order valence-electron chi connectivity index (χ3n) is 3.53. The van der Waals surface area contributed by atoms with Gasteiger partial charge in [-0.15, -0.1) is 11.8 Å². The van der Waals surface area contributed by atoms with Crippen LogP contribution in [0.5, 0.6) is 0 Å². The first-order valence-electron chi connectivity index (χ1n) is 7.16. The van der Waals surface area contributed by atoms with Gasteiger partial charge in [-0.2, -0.15) is 0 Å². The predicted octanol–water partition coefficient (Wildman–Crippen LogP) is 3.37. The van der Waals surface area contributed by atoms with Crippen LogP contribution in [-0.4, -0.2) is 16.2 Å². The number of carbonyl (C=O) groups excluding carboxylic acids is 1. The van der Waals surface area contributed by atoms with Gasteiger partial charge in [0.05, 0.1) is 5.69 Å². The highest BCUT2D eigenvalue weighted by Crippen LogP contribution is 2.27. The van der Waals surface area contributed by atoms with Crippen LogP contribution in [0.4, 0.5) is 5.69 Å². The number of carbonyl (C=O) groups is 1. The quantitative estimate of drug-likeness (QED) is 0.880. The summed E-state index contributed by atoms with van der Waals surface area (Å²) in [4.78, 5) is 25.9. The van der Waals surface area contributed by atoms with Gasteiger partial charge in [-0.05, 0) is 43.4 Å². The molecular weight excluding hydrogens is 296 g/mol. The van der Waals surface area contributed by atoms with Gasteiger partial charge < -0.3 is 9.88 Å². The Hall–Kier alpha value is -2.01. The molecule has 0 aliphatic carbocycles. The topological polar surface area (TPSA) is 51.1 Å². The van der Waals surface area contributed by atoms with Gasteiger partial charge in [-0.25, -0.2) is 0 Å². The molecule has 5 heteroatoms. The minimum atomic E-state index is -0.359. The number of nitrogens with one attached hydrogen (secondary N) is 1. The highest BCUT2D eigenvalue weighted by atomic mass is 32.2. The number of hydrogen-bond acceptors (Lipinski definition) is 3. The molecule has 4 nitrogen and oxygen atoms in total. The van der Waals surface area contributed by atoms with Crippen molar-refractivity contribution in [3.05, 3.63) is 57.5 Å². The molecule has 2 aromatic rings. The van der Waals surface area contributed by atoms with Crippen molar-refractivity contribution in [2.75, 3.05) is 11.1 Å². The van der Waals surface area contributed by atoms with Crippen molar-refractivity contribution in [1.82, 2.24) is 4.57 Å². The monoisotopic (exact) mass is 316 g/mol. The van der Waals surface area contributed by atoms with Gasteiger partial charge in [0, 0.05) is 17.6 Å². The van der Waals surface area contributed by atoms with Crippen LogP contribution in [0.1, 0.15) is 28.5 Å². The maximum Gasteiger partial charge on any atom is 0.263 e. The summed E-state index contributed by atoms with van der Waals surface area (Å²) in [5.74, 6) is 0.556. The fourth-order valence-electron chi connectivity index (χ4n) is 2.29. The summed E-state index contributed by atoms with van der Waals surface area (Å²) >= 11 is 1.66. The largest absolute Gasteiger partial charge is 0.321 e. The maximum atomic E-state index is 12.5. The fourth-order valence-corrected chi connectivity index (χ4v) is 3.05. The number of pyridine rings is 1. The van der Waals surface area contributed by atoms with Crippen molar-refractivity contribution in [3.8, 4) is 0 Å². The van der Waals surface area contributed by atoms with E-state index in [-0.39, 0.29) is 17.0 Å². The summed E-state index contributed by atoms with van der Waals surface area (Å²) in [7, 11) is 1.68. The molecule has 116 valence electrons. The van der Waals surface area contributed by atoms with E-state index in [4.69, 9.17) is 0 Å². The predicted molar refractivity (Wildman–Crippen MR) is 92.0 cm³/mol. The lowest BCUT2D eigenvalue weighted by molar-refractivity contribution is 0.102. The number of aromatic nitrogens is 1. The molecule has 0 unspecified atom stereocenters. The van der Waals surface area contributed by atoms with Crippen LogP contribution in [0.25, 0.3) is 0 Å². The molecular formula is C17H20N2O2S. The first kappa shape index (κ1) is 16.4. The van der Waals surface area contributed by atoms with Crippen LogP contribution in [0, 0.1) is 13.8 Å². The summed E-state index contributed by atoms with van der Waals surface area (Å²) in [6.45, 7) is 5.70. The maximum absolute atomic E-state index is 12.5. The lowest BCUT2D eigenvalue weighted by Gasteiger charge is -2.13. The van der Waals surface area contributed by atoms with Crippen LogP contribution in [-0.2, 0) is 7.05 Å². The summed E-state index contributed by atoms with van der Waals surface area (Å²) in [6, 6.07) is 9.47. The molecule has 0 aliphatic heterocycles. The van der Waals surface area contributed by atoms with E-state index in [9.17, 15) is 9.59 Å². The summed E-state index contributed by atoms with van der Waals surface area (Å²) in [5, 5.41) is 2.87. The smallest absolute Gasteiger partial charge is 0.263 e. The van der Waals surface area contributed by atoms with E-state index < -0.39 is 0 Å². The number of aryl methyl sites for hydroxylation is 2. The number of amides is 1. The van der Waals surface area contributed by atoms with Crippen molar-refractivity contribution in [3.63, 3.8) is 0 Å². The summed E-state index contributed by atoms with van der Waals surface area (Å²) in [6.07, 6.45) is 0. The Labute approximate surface area is 134 Å². The number of para-hydroxylation sites is 1. The number of rotatable bonds is 4. The average molecular weight is 316 g/mol. The molecule has 22 heavy (non-hydrogen) atoms. The molecule has 2 rings (SSSR count). The van der Waals surface area contributed by atoms with Crippen molar-refractivity contribution >= 4 is 23.4 Å². The number of nitrogens with zero attached hydrogens (tertiary/aromatic N) is 1. The van der Waals surface area contributed by atoms with Crippen LogP contribution < -0.4 is 10.9 Å². The molecule has 0 saturated carbocycles. The Bertz CT molecular complexity index is 766. The van der Waals surface area contributed by atoms with Crippen molar-refractivity contribution in [2.24, 2.45) is 7.05 Å². The molecule has 0 radical (unpaired) electrons. The highest BCUT2D eigenvalue weighted by molar-refractivity contribution is 7.99. The van der Waals surface area contributed by atoms with E-state index >= 15 is 0 Å². The minimum absolute atomic E-state index is 0.199. The second-order valence-electron chi connectivity index (χ2n) is 5.09. The van der Waals surface area contributed by atoms with Gasteiger partial charge in [0.1, 0.15) is 5.56 Å². The molecule has 1 heterocycles. The van der Waals surface area contributed by atoms with Crippen LogP contribution in [0.3, 0.4) is 0 Å². The molecule has 0 saturated heterocycles. The SMILES string of the molecule is CCSc1ccccc1NC(=O)c1c(C)cc(C)n(C)c1=O. The summed E-state index contributed by atoms with van der Waals surface area (Å²) in [5.41, 5.74) is 2.20. The van der Waals surface area contributed by atoms with E-state index in [1.54, 1.807) is 25.7 Å². The van der Waals surface area contributed by atoms with Gasteiger partial charge >= 0.3 is 0 Å². The van der Waals surface area contributed by atoms with Crippen molar-refractivity contribution in [2.45, 2.75) is 25.7 Å². The Morgan fingerprint density at radius 2 is 1.95 bits per heavy atom. The second kappa shape index (κ2) is 6.83. The first-order chi connectivity index (χ1) is 10.5. The number of benzene rings is 1. The molecule has 0 fully saturated rings. The van der Waals surface area contributed by atoms with Gasteiger partial charge in [-0.1, -0.05) is 19.1 Å². The molecule has 0 bridgehead atoms. The Morgan fingerprint density at radius 3 is 2.64 bits per heavy atom. The lowest BCUT2D eigenvalue weighted by Crippen LogP contribution is -2.30. The Balaban J connectivity index is 2.39. The Kier molecular flexibility index (Phi) is 5.08. The molecule has 1 amide bonds. The minimum Gasteiger partial charge on any atom is -0.321 e. The number of hydrogen-bond donors (Lipinski definition) is 1. The number of anilines is 1. The van der Waals surface area contributed by atoms with E-state index in [2.05, 4.69) is 12.2 Å². The van der Waals surface area contributed by atoms with Gasteiger partial charge in [0.2, 0.25) is 0 Å². The molecule has 1 aromatic carbocycles. The van der Waals surface area contributed by atoms with Gasteiger partial charge in [-0.3, -0.25) is 9.59 Å². The number of thioether (sulfide) groups is 1. The molecule has 0 spiro atoms. The zero-order chi connectivity index (χ0) is 16.3. The average Bonchev–Trinajstić information content (AvgIpc) is 2.47. The van der Waals surface area contributed by atoms with Crippen molar-refractivity contribution < 1.29 is 4.79 Å². The molecule has 1 aromatic heterocycles. The molecule has 0 aliphatic rings. The van der Waals surface area contributed by atoms with E-state index in [0.29, 0.717) is 5.56 Å². The van der Waals surface area contributed by atoms with Gasteiger partial charge in [0.15, 0.2) is 0 Å². The van der Waals surface area contributed by atoms with E-state index in [1.807, 2.05) is 37.3 Å². The zero-order valence-electron chi connectivity index (χ0n) is 13.3. The summed E-state index contributed by atoms with van der Waals surface area (Å²) < 4.78 is 1.49. The zero-order valence-corrected chi connectivity index (χ0v) is 14.1. The van der Waals surface area contributed by atoms with E-state index in [0.717, 1.165) is 22.0 Å². The van der Waals surface area contributed by atoms with Crippen LogP contribution >= 0.6 is 11.8 Å². The highest BCUT2D eigenvalue weighted by Gasteiger charge is 2.17. The van der Waals surface area contributed by atoms with Crippen LogP contribution in [0.2, 0.25) is 0 Å². The van der Waals surface area contributed by atoms with Crippen molar-refractivity contribution in [1.29, 1.82) is 0 Å². The first-order valence-corrected chi connectivity index (χ1v) is 8.14. The standard InChI is InChI=1S/C17H20N2O2S/c1-5-22-14-9-7-6-8-13(14)18-16(20)15-11(2)10-12(3)19(4)17(15)21/h6-10H,5H2,1-4H3,(H,18,20). The Morgan fingerprint density at radius 1 is 1.27 bits per heavy atom. The molecule has 1 N–H and O–H groups in total. The third-order valence-corrected chi connectivity index (χ3v) is 4.49. The van der Waals surface area contributed by atoms with Gasteiger partial charge in [0.25, 0.3) is 11.5 Å².